The largest absolute Gasteiger partial charge is 0.494 e. The van der Waals surface area contributed by atoms with Crippen LogP contribution >= 0.6 is 0 Å². The summed E-state index contributed by atoms with van der Waals surface area (Å²) in [6.45, 7) is 0. The minimum absolute atomic E-state index is 0.0220. The number of non-ortho nitro benzene ring substituents is 1. The molecule has 24 heavy (non-hydrogen) atoms. The standard InChI is InChI=1S/C13H15N3O7S/c1-23-11-6-9(16(19)20)2-3-10(11)15-13(18)12(17)14-8-4-5-24(21,22)7-8/h2-3,6,8H,4-5,7H2,1H3,(H,14,17)(H,15,18). The zero-order valence-corrected chi connectivity index (χ0v) is 13.5. The van der Waals surface area contributed by atoms with Gasteiger partial charge in [-0.1, -0.05) is 0 Å². The molecule has 2 amide bonds. The molecular weight excluding hydrogens is 342 g/mol. The Bertz CT molecular complexity index is 791. The predicted octanol–water partition coefficient (Wildman–Crippen LogP) is -0.155. The molecule has 1 aliphatic rings. The molecule has 1 aromatic carbocycles. The number of benzene rings is 1. The van der Waals surface area contributed by atoms with Crippen molar-refractivity contribution in [2.45, 2.75) is 12.5 Å². The summed E-state index contributed by atoms with van der Waals surface area (Å²) in [6.07, 6.45) is 0.252. The lowest BCUT2D eigenvalue weighted by Crippen LogP contribution is -2.42. The summed E-state index contributed by atoms with van der Waals surface area (Å²) in [4.78, 5) is 33.8. The van der Waals surface area contributed by atoms with E-state index in [0.29, 0.717) is 0 Å². The van der Waals surface area contributed by atoms with E-state index in [-0.39, 0.29) is 35.1 Å². The van der Waals surface area contributed by atoms with Crippen molar-refractivity contribution in [1.29, 1.82) is 0 Å². The van der Waals surface area contributed by atoms with Gasteiger partial charge >= 0.3 is 11.8 Å². The normalized spacial score (nSPS) is 18.6. The van der Waals surface area contributed by atoms with Crippen LogP contribution in [0.15, 0.2) is 18.2 Å². The third-order valence-corrected chi connectivity index (χ3v) is 5.19. The van der Waals surface area contributed by atoms with Crippen molar-refractivity contribution in [3.05, 3.63) is 28.3 Å². The van der Waals surface area contributed by atoms with Gasteiger partial charge in [0, 0.05) is 12.1 Å². The Balaban J connectivity index is 2.03. The Morgan fingerprint density at radius 2 is 2.04 bits per heavy atom. The number of hydrogen-bond donors (Lipinski definition) is 2. The van der Waals surface area contributed by atoms with Crippen molar-refractivity contribution in [2.75, 3.05) is 23.9 Å². The second kappa shape index (κ2) is 6.83. The summed E-state index contributed by atoms with van der Waals surface area (Å²) in [7, 11) is -1.92. The Morgan fingerprint density at radius 3 is 2.58 bits per heavy atom. The smallest absolute Gasteiger partial charge is 0.313 e. The van der Waals surface area contributed by atoms with Crippen molar-refractivity contribution in [3.8, 4) is 5.75 Å². The third kappa shape index (κ3) is 4.19. The molecule has 1 aliphatic heterocycles. The van der Waals surface area contributed by atoms with Crippen LogP contribution in [0.3, 0.4) is 0 Å². The minimum Gasteiger partial charge on any atom is -0.494 e. The van der Waals surface area contributed by atoms with Gasteiger partial charge in [-0.25, -0.2) is 8.42 Å². The number of nitrogens with one attached hydrogen (secondary N) is 2. The molecule has 130 valence electrons. The van der Waals surface area contributed by atoms with Gasteiger partial charge in [-0.05, 0) is 12.5 Å². The van der Waals surface area contributed by atoms with Gasteiger partial charge < -0.3 is 15.4 Å². The number of carbonyl (C=O) groups excluding carboxylic acids is 2. The summed E-state index contributed by atoms with van der Waals surface area (Å²) < 4.78 is 27.6. The Morgan fingerprint density at radius 1 is 1.33 bits per heavy atom. The van der Waals surface area contributed by atoms with Gasteiger partial charge in [0.1, 0.15) is 5.75 Å². The third-order valence-electron chi connectivity index (χ3n) is 3.42. The summed E-state index contributed by atoms with van der Waals surface area (Å²) in [5.41, 5.74) is -0.146. The highest BCUT2D eigenvalue weighted by atomic mass is 32.2. The highest BCUT2D eigenvalue weighted by molar-refractivity contribution is 7.91. The fourth-order valence-corrected chi connectivity index (χ4v) is 3.91. The Kier molecular flexibility index (Phi) is 5.02. The summed E-state index contributed by atoms with van der Waals surface area (Å²) in [6, 6.07) is 2.89. The van der Waals surface area contributed by atoms with Crippen LogP contribution in [0.4, 0.5) is 11.4 Å². The zero-order chi connectivity index (χ0) is 17.9. The monoisotopic (exact) mass is 357 g/mol. The summed E-state index contributed by atoms with van der Waals surface area (Å²) >= 11 is 0. The molecular formula is C13H15N3O7S. The first-order chi connectivity index (χ1) is 11.2. The topological polar surface area (TPSA) is 145 Å². The number of nitrogens with zero attached hydrogens (tertiary/aromatic N) is 1. The van der Waals surface area contributed by atoms with Gasteiger partial charge in [0.15, 0.2) is 9.84 Å². The lowest BCUT2D eigenvalue weighted by atomic mass is 10.2. The first-order valence-corrected chi connectivity index (χ1v) is 8.68. The van der Waals surface area contributed by atoms with Gasteiger partial charge in [-0.2, -0.15) is 0 Å². The number of carbonyl (C=O) groups is 2. The second-order valence-corrected chi connectivity index (χ2v) is 7.40. The Labute approximate surface area is 137 Å². The molecule has 11 heteroatoms. The van der Waals surface area contributed by atoms with Gasteiger partial charge in [0.05, 0.1) is 35.3 Å². The molecule has 0 bridgehead atoms. The molecule has 1 heterocycles. The molecule has 2 rings (SSSR count). The van der Waals surface area contributed by atoms with E-state index in [2.05, 4.69) is 10.6 Å². The maximum absolute atomic E-state index is 11.9. The van der Waals surface area contributed by atoms with Crippen molar-refractivity contribution < 1.29 is 27.7 Å². The molecule has 1 unspecified atom stereocenters. The van der Waals surface area contributed by atoms with Gasteiger partial charge in [-0.15, -0.1) is 0 Å². The molecule has 10 nitrogen and oxygen atoms in total. The highest BCUT2D eigenvalue weighted by Gasteiger charge is 2.30. The van der Waals surface area contributed by atoms with Crippen molar-refractivity contribution in [1.82, 2.24) is 5.32 Å². The number of methoxy groups -OCH3 is 1. The van der Waals surface area contributed by atoms with E-state index in [1.165, 1.54) is 13.2 Å². The number of nitro benzene ring substituents is 1. The molecule has 0 radical (unpaired) electrons. The molecule has 1 atom stereocenters. The van der Waals surface area contributed by atoms with Crippen LogP contribution in [0.1, 0.15) is 6.42 Å². The van der Waals surface area contributed by atoms with Crippen LogP contribution in [-0.4, -0.2) is 49.8 Å². The molecule has 0 aliphatic carbocycles. The van der Waals surface area contributed by atoms with E-state index in [1.807, 2.05) is 0 Å². The zero-order valence-electron chi connectivity index (χ0n) is 12.6. The first-order valence-electron chi connectivity index (χ1n) is 6.86. The SMILES string of the molecule is COc1cc([N+](=O)[O-])ccc1NC(=O)C(=O)NC1CCS(=O)(=O)C1. The van der Waals surface area contributed by atoms with Crippen molar-refractivity contribution in [2.24, 2.45) is 0 Å². The predicted molar refractivity (Wildman–Crippen MR) is 83.5 cm³/mol. The number of nitro groups is 1. The lowest BCUT2D eigenvalue weighted by molar-refractivity contribution is -0.384. The number of amides is 2. The van der Waals surface area contributed by atoms with Crippen molar-refractivity contribution >= 4 is 33.0 Å². The van der Waals surface area contributed by atoms with Crippen LogP contribution in [-0.2, 0) is 19.4 Å². The molecule has 2 N–H and O–H groups in total. The summed E-state index contributed by atoms with van der Waals surface area (Å²) in [5, 5.41) is 15.3. The lowest BCUT2D eigenvalue weighted by Gasteiger charge is -2.12. The number of ether oxygens (including phenoxy) is 1. The van der Waals surface area contributed by atoms with Crippen LogP contribution in [0.25, 0.3) is 0 Å². The maximum atomic E-state index is 11.9. The van der Waals surface area contributed by atoms with Gasteiger partial charge in [0.25, 0.3) is 5.69 Å². The molecule has 1 fully saturated rings. The van der Waals surface area contributed by atoms with Crippen LogP contribution in [0.2, 0.25) is 0 Å². The van der Waals surface area contributed by atoms with E-state index in [1.54, 1.807) is 0 Å². The van der Waals surface area contributed by atoms with E-state index < -0.39 is 32.6 Å². The van der Waals surface area contributed by atoms with Crippen LogP contribution in [0, 0.1) is 10.1 Å². The number of anilines is 1. The summed E-state index contributed by atoms with van der Waals surface area (Å²) in [5.74, 6) is -2.22. The highest BCUT2D eigenvalue weighted by Crippen LogP contribution is 2.28. The molecule has 0 aromatic heterocycles. The maximum Gasteiger partial charge on any atom is 0.313 e. The van der Waals surface area contributed by atoms with E-state index in [0.717, 1.165) is 12.1 Å². The van der Waals surface area contributed by atoms with Crippen LogP contribution < -0.4 is 15.4 Å². The molecule has 0 saturated carbocycles. The fourth-order valence-electron chi connectivity index (χ4n) is 2.24. The average Bonchev–Trinajstić information content (AvgIpc) is 2.86. The quantitative estimate of drug-likeness (QED) is 0.433. The van der Waals surface area contributed by atoms with E-state index in [9.17, 15) is 28.1 Å². The second-order valence-electron chi connectivity index (χ2n) is 5.17. The molecule has 1 aromatic rings. The molecule has 1 saturated heterocycles. The number of hydrogen-bond acceptors (Lipinski definition) is 7. The minimum atomic E-state index is -3.18. The number of rotatable bonds is 4. The first kappa shape index (κ1) is 17.7. The van der Waals surface area contributed by atoms with Crippen molar-refractivity contribution in [3.63, 3.8) is 0 Å². The van der Waals surface area contributed by atoms with Crippen LogP contribution in [0.5, 0.6) is 5.75 Å². The average molecular weight is 357 g/mol. The van der Waals surface area contributed by atoms with Gasteiger partial charge in [0.2, 0.25) is 0 Å². The van der Waals surface area contributed by atoms with Gasteiger partial charge in [-0.3, -0.25) is 19.7 Å². The Hall–Kier alpha value is -2.69. The van der Waals surface area contributed by atoms with E-state index in [4.69, 9.17) is 4.74 Å². The molecule has 0 spiro atoms. The fraction of sp³-hybridized carbons (Fsp3) is 0.385. The van der Waals surface area contributed by atoms with E-state index >= 15 is 0 Å². The number of sulfone groups is 1.